The lowest BCUT2D eigenvalue weighted by atomic mass is 9.69. The van der Waals surface area contributed by atoms with Crippen molar-refractivity contribution in [1.29, 1.82) is 0 Å². The molecule has 1 fully saturated rings. The van der Waals surface area contributed by atoms with E-state index in [1.54, 1.807) is 0 Å². The number of nitrogens with one attached hydrogen (secondary N) is 3. The molecule has 0 radical (unpaired) electrons. The zero-order valence-corrected chi connectivity index (χ0v) is 13.6. The van der Waals surface area contributed by atoms with E-state index in [4.69, 9.17) is 15.3 Å². The van der Waals surface area contributed by atoms with Crippen molar-refractivity contribution in [3.63, 3.8) is 0 Å². The molecule has 9 N–H and O–H groups in total. The Morgan fingerprint density at radius 1 is 0.880 bits per heavy atom. The molecule has 1 rings (SSSR count). The Labute approximate surface area is 144 Å². The Balaban J connectivity index is 2.78. The van der Waals surface area contributed by atoms with Crippen LogP contribution in [0.1, 0.15) is 19.3 Å². The summed E-state index contributed by atoms with van der Waals surface area (Å²) in [5.74, 6) is -2.35. The molecule has 4 atom stereocenters. The average Bonchev–Trinajstić information content (AvgIpc) is 2.49. The molecule has 0 aromatic rings. The summed E-state index contributed by atoms with van der Waals surface area (Å²) >= 11 is 0. The summed E-state index contributed by atoms with van der Waals surface area (Å²) in [6.45, 7) is 3.04. The molecule has 11 nitrogen and oxygen atoms in total. The molecule has 0 aromatic carbocycles. The lowest BCUT2D eigenvalue weighted by Gasteiger charge is -2.61. The van der Waals surface area contributed by atoms with Crippen molar-refractivity contribution in [2.45, 2.75) is 42.9 Å². The fraction of sp³-hybridized carbons (Fsp3) is 0.714. The topological polar surface area (TPSA) is 192 Å². The maximum atomic E-state index is 10.6. The molecule has 1 aliphatic rings. The van der Waals surface area contributed by atoms with E-state index in [-0.39, 0.29) is 44.7 Å². The van der Waals surface area contributed by atoms with E-state index in [2.05, 4.69) is 22.5 Å². The lowest BCUT2D eigenvalue weighted by molar-refractivity contribution is -0.315. The Morgan fingerprint density at radius 2 is 1.32 bits per heavy atom. The smallest absolute Gasteiger partial charge is 0.304 e. The first-order valence-electron chi connectivity index (χ1n) is 7.70. The first-order chi connectivity index (χ1) is 11.5. The zero-order chi connectivity index (χ0) is 19.3. The van der Waals surface area contributed by atoms with Gasteiger partial charge in [-0.05, 0) is 0 Å². The lowest BCUT2D eigenvalue weighted by Crippen LogP contribution is -2.92. The van der Waals surface area contributed by atoms with Crippen LogP contribution in [-0.4, -0.2) is 85.8 Å². The van der Waals surface area contributed by atoms with Crippen LogP contribution >= 0.6 is 0 Å². The molecule has 1 saturated carbocycles. The number of carboxylic acid groups (broad SMARTS) is 2. The summed E-state index contributed by atoms with van der Waals surface area (Å²) in [7, 11) is 0. The van der Waals surface area contributed by atoms with Gasteiger partial charge in [-0.3, -0.25) is 20.2 Å². The Morgan fingerprint density at radius 3 is 1.76 bits per heavy atom. The fourth-order valence-corrected chi connectivity index (χ4v) is 2.70. The summed E-state index contributed by atoms with van der Waals surface area (Å²) in [6, 6.07) is -1.23. The van der Waals surface area contributed by atoms with E-state index in [9.17, 15) is 24.9 Å². The molecule has 25 heavy (non-hydrogen) atoms. The van der Waals surface area contributed by atoms with Gasteiger partial charge < -0.3 is 36.0 Å². The van der Waals surface area contributed by atoms with Crippen LogP contribution < -0.4 is 16.0 Å². The van der Waals surface area contributed by atoms with Gasteiger partial charge in [-0.2, -0.15) is 0 Å². The molecule has 0 bridgehead atoms. The van der Waals surface area contributed by atoms with E-state index < -0.39 is 35.5 Å². The quantitative estimate of drug-likeness (QED) is 0.129. The monoisotopic (exact) mass is 363 g/mol. The molecule has 11 heteroatoms. The summed E-state index contributed by atoms with van der Waals surface area (Å²) in [5, 5.41) is 65.4. The predicted molar refractivity (Wildman–Crippen MR) is 84.6 cm³/mol. The van der Waals surface area contributed by atoms with Gasteiger partial charge in [0, 0.05) is 26.1 Å². The van der Waals surface area contributed by atoms with Crippen LogP contribution in [0.3, 0.4) is 0 Å². The van der Waals surface area contributed by atoms with Crippen LogP contribution in [0.4, 0.5) is 0 Å². The zero-order valence-electron chi connectivity index (χ0n) is 13.6. The molecule has 0 spiro atoms. The summed E-state index contributed by atoms with van der Waals surface area (Å²) in [4.78, 5) is 21.2. The summed E-state index contributed by atoms with van der Waals surface area (Å²) in [5.41, 5.74) is -4.08. The third-order valence-corrected chi connectivity index (χ3v) is 3.97. The van der Waals surface area contributed by atoms with Gasteiger partial charge in [0.2, 0.25) is 0 Å². The molecule has 0 aliphatic heterocycles. The standard InChI is InChI=1S/C14H25N3O8/c1-8(18)2-6-16-13(24)11(15-5-3-9(19)20)14(25,12(13)23)17-7-4-10(21)22/h11-12,15-18,23-25H,1-7H2,(H,19,20)(H,21,22). The first kappa shape index (κ1) is 21.3. The second kappa shape index (κ2) is 8.56. The van der Waals surface area contributed by atoms with Crippen molar-refractivity contribution in [2.24, 2.45) is 0 Å². The highest BCUT2D eigenvalue weighted by Crippen LogP contribution is 2.38. The van der Waals surface area contributed by atoms with E-state index in [0.717, 1.165) is 0 Å². The normalized spacial score (nSPS) is 31.3. The number of aliphatic hydroxyl groups excluding tert-OH is 2. The minimum absolute atomic E-state index is 0.0329. The molecular weight excluding hydrogens is 338 g/mol. The highest BCUT2D eigenvalue weighted by Gasteiger charge is 2.70. The highest BCUT2D eigenvalue weighted by molar-refractivity contribution is 5.67. The Hall–Kier alpha value is -1.76. The van der Waals surface area contributed by atoms with Crippen LogP contribution in [0.5, 0.6) is 0 Å². The highest BCUT2D eigenvalue weighted by atomic mass is 16.4. The van der Waals surface area contributed by atoms with Crippen LogP contribution in [0.25, 0.3) is 0 Å². The van der Waals surface area contributed by atoms with Crippen LogP contribution in [0.15, 0.2) is 12.3 Å². The number of aliphatic carboxylic acids is 2. The third-order valence-electron chi connectivity index (χ3n) is 3.97. The SMILES string of the molecule is C=C(O)CCNC1(O)C(O)C(O)(NCCC(=O)O)C1NCCC(=O)O. The number of hydrogen-bond donors (Lipinski definition) is 9. The Bertz CT molecular complexity index is 482. The molecule has 0 saturated heterocycles. The predicted octanol–water partition coefficient (Wildman–Crippen LogP) is -2.71. The van der Waals surface area contributed by atoms with Gasteiger partial charge >= 0.3 is 11.9 Å². The van der Waals surface area contributed by atoms with Crippen molar-refractivity contribution in [2.75, 3.05) is 19.6 Å². The summed E-state index contributed by atoms with van der Waals surface area (Å²) in [6.07, 6.45) is -2.26. The van der Waals surface area contributed by atoms with Crippen LogP contribution in [0.2, 0.25) is 0 Å². The number of carbonyl (C=O) groups is 2. The number of hydrogen-bond acceptors (Lipinski definition) is 9. The number of aliphatic hydroxyl groups is 4. The van der Waals surface area contributed by atoms with Crippen molar-refractivity contribution >= 4 is 11.9 Å². The van der Waals surface area contributed by atoms with Crippen molar-refractivity contribution < 1.29 is 40.2 Å². The van der Waals surface area contributed by atoms with E-state index in [1.165, 1.54) is 0 Å². The van der Waals surface area contributed by atoms with E-state index >= 15 is 0 Å². The van der Waals surface area contributed by atoms with E-state index in [0.29, 0.717) is 0 Å². The minimum Gasteiger partial charge on any atom is -0.513 e. The van der Waals surface area contributed by atoms with Gasteiger partial charge in [-0.25, -0.2) is 0 Å². The first-order valence-corrected chi connectivity index (χ1v) is 7.70. The van der Waals surface area contributed by atoms with Crippen LogP contribution in [0, 0.1) is 0 Å². The van der Waals surface area contributed by atoms with Crippen molar-refractivity contribution in [1.82, 2.24) is 16.0 Å². The fourth-order valence-electron chi connectivity index (χ4n) is 2.70. The van der Waals surface area contributed by atoms with Crippen LogP contribution in [-0.2, 0) is 9.59 Å². The minimum atomic E-state index is -2.06. The molecule has 144 valence electrons. The van der Waals surface area contributed by atoms with Gasteiger partial charge in [0.05, 0.1) is 24.6 Å². The second-order valence-corrected chi connectivity index (χ2v) is 5.90. The van der Waals surface area contributed by atoms with Gasteiger partial charge in [0.15, 0.2) is 11.4 Å². The van der Waals surface area contributed by atoms with Gasteiger partial charge in [0.25, 0.3) is 0 Å². The molecule has 0 heterocycles. The molecule has 1 aliphatic carbocycles. The molecule has 0 amide bonds. The Kier molecular flexibility index (Phi) is 7.29. The number of carboxylic acids is 2. The summed E-state index contributed by atoms with van der Waals surface area (Å²) < 4.78 is 0. The van der Waals surface area contributed by atoms with Crippen molar-refractivity contribution in [3.05, 3.63) is 12.3 Å². The largest absolute Gasteiger partial charge is 0.513 e. The number of rotatable bonds is 12. The van der Waals surface area contributed by atoms with E-state index in [1.807, 2.05) is 0 Å². The third kappa shape index (κ3) is 5.11. The average molecular weight is 363 g/mol. The molecule has 0 aromatic heterocycles. The van der Waals surface area contributed by atoms with Gasteiger partial charge in [-0.15, -0.1) is 0 Å². The van der Waals surface area contributed by atoms with Crippen molar-refractivity contribution in [3.8, 4) is 0 Å². The maximum Gasteiger partial charge on any atom is 0.304 e. The van der Waals surface area contributed by atoms with Gasteiger partial charge in [-0.1, -0.05) is 6.58 Å². The second-order valence-electron chi connectivity index (χ2n) is 5.90. The molecular formula is C14H25N3O8. The maximum absolute atomic E-state index is 10.6. The van der Waals surface area contributed by atoms with Gasteiger partial charge in [0.1, 0.15) is 6.10 Å². The molecule has 4 unspecified atom stereocenters.